The Morgan fingerprint density at radius 3 is 2.89 bits per heavy atom. The number of amides is 1. The Kier molecular flexibility index (Phi) is 3.79. The van der Waals surface area contributed by atoms with Crippen molar-refractivity contribution in [3.63, 3.8) is 0 Å². The van der Waals surface area contributed by atoms with Crippen molar-refractivity contribution in [3.8, 4) is 0 Å². The predicted octanol–water partition coefficient (Wildman–Crippen LogP) is 3.74. The van der Waals surface area contributed by atoms with Crippen LogP contribution in [0.5, 0.6) is 0 Å². The van der Waals surface area contributed by atoms with Crippen LogP contribution in [0, 0.1) is 0 Å². The molecule has 0 atom stereocenters. The summed E-state index contributed by atoms with van der Waals surface area (Å²) < 4.78 is 1.41. The molecule has 0 spiro atoms. The van der Waals surface area contributed by atoms with E-state index in [1.807, 2.05) is 42.5 Å². The lowest BCUT2D eigenvalue weighted by Gasteiger charge is -2.08. The molecule has 1 aliphatic carbocycles. The highest BCUT2D eigenvalue weighted by Gasteiger charge is 2.21. The molecule has 0 bridgehead atoms. The topological polar surface area (TPSA) is 64.0 Å². The van der Waals surface area contributed by atoms with Gasteiger partial charge in [0.2, 0.25) is 5.91 Å². The van der Waals surface area contributed by atoms with Crippen molar-refractivity contribution in [2.75, 3.05) is 5.32 Å². The van der Waals surface area contributed by atoms with Crippen LogP contribution in [-0.4, -0.2) is 15.5 Å². The Hall–Kier alpha value is -2.99. The fourth-order valence-electron chi connectivity index (χ4n) is 3.75. The SMILES string of the molecule is O=C(Cn1cnc2sc3c(c2c1=O)CCC3)Nc1ccc2ccccc2c1. The summed E-state index contributed by atoms with van der Waals surface area (Å²) in [6, 6.07) is 13.8. The highest BCUT2D eigenvalue weighted by Crippen LogP contribution is 2.34. The van der Waals surface area contributed by atoms with Crippen molar-refractivity contribution in [2.45, 2.75) is 25.8 Å². The Labute approximate surface area is 159 Å². The monoisotopic (exact) mass is 375 g/mol. The van der Waals surface area contributed by atoms with E-state index in [0.29, 0.717) is 5.39 Å². The van der Waals surface area contributed by atoms with Gasteiger partial charge in [0.1, 0.15) is 11.4 Å². The highest BCUT2D eigenvalue weighted by atomic mass is 32.1. The summed E-state index contributed by atoms with van der Waals surface area (Å²) in [5.41, 5.74) is 1.74. The highest BCUT2D eigenvalue weighted by molar-refractivity contribution is 7.18. The number of benzene rings is 2. The molecule has 5 rings (SSSR count). The molecule has 1 N–H and O–H groups in total. The first kappa shape index (κ1) is 16.2. The standard InChI is InChI=1S/C21H17N3O2S/c25-18(23-15-9-8-13-4-1-2-5-14(13)10-15)11-24-12-22-20-19(21(24)26)16-6-3-7-17(16)27-20/h1-2,4-5,8-10,12H,3,6-7,11H2,(H,23,25). The third-order valence-corrected chi connectivity index (χ3v) is 6.24. The zero-order chi connectivity index (χ0) is 18.4. The largest absolute Gasteiger partial charge is 0.325 e. The second-order valence-corrected chi connectivity index (χ2v) is 7.91. The maximum Gasteiger partial charge on any atom is 0.262 e. The summed E-state index contributed by atoms with van der Waals surface area (Å²) in [5.74, 6) is -0.236. The van der Waals surface area contributed by atoms with Gasteiger partial charge in [0, 0.05) is 10.6 Å². The van der Waals surface area contributed by atoms with Crippen LogP contribution in [0.25, 0.3) is 21.0 Å². The van der Waals surface area contributed by atoms with Gasteiger partial charge in [-0.3, -0.25) is 14.2 Å². The van der Waals surface area contributed by atoms with E-state index in [1.165, 1.54) is 15.8 Å². The summed E-state index contributed by atoms with van der Waals surface area (Å²) >= 11 is 1.61. The van der Waals surface area contributed by atoms with Crippen LogP contribution in [0.1, 0.15) is 16.9 Å². The van der Waals surface area contributed by atoms with Gasteiger partial charge in [-0.1, -0.05) is 30.3 Å². The summed E-state index contributed by atoms with van der Waals surface area (Å²) in [6.45, 7) is -0.0424. The van der Waals surface area contributed by atoms with Crippen LogP contribution in [0.15, 0.2) is 53.6 Å². The maximum absolute atomic E-state index is 12.9. The second-order valence-electron chi connectivity index (χ2n) is 6.83. The van der Waals surface area contributed by atoms with E-state index in [0.717, 1.165) is 46.1 Å². The Morgan fingerprint density at radius 1 is 1.15 bits per heavy atom. The van der Waals surface area contributed by atoms with Crippen molar-refractivity contribution in [3.05, 3.63) is 69.6 Å². The first-order valence-corrected chi connectivity index (χ1v) is 9.79. The Balaban J connectivity index is 1.41. The number of hydrogen-bond donors (Lipinski definition) is 1. The van der Waals surface area contributed by atoms with E-state index in [1.54, 1.807) is 11.3 Å². The quantitative estimate of drug-likeness (QED) is 0.593. The minimum atomic E-state index is -0.236. The molecule has 0 aliphatic heterocycles. The summed E-state index contributed by atoms with van der Waals surface area (Å²) in [5, 5.41) is 5.76. The van der Waals surface area contributed by atoms with Crippen LogP contribution >= 0.6 is 11.3 Å². The van der Waals surface area contributed by atoms with Crippen molar-refractivity contribution < 1.29 is 4.79 Å². The molecular formula is C21H17N3O2S. The number of carbonyl (C=O) groups excluding carboxylic acids is 1. The molecule has 27 heavy (non-hydrogen) atoms. The Morgan fingerprint density at radius 2 is 2.00 bits per heavy atom. The fourth-order valence-corrected chi connectivity index (χ4v) is 4.97. The number of nitrogens with zero attached hydrogens (tertiary/aromatic N) is 2. The lowest BCUT2D eigenvalue weighted by Crippen LogP contribution is -2.28. The number of rotatable bonds is 3. The van der Waals surface area contributed by atoms with Crippen LogP contribution in [0.3, 0.4) is 0 Å². The van der Waals surface area contributed by atoms with Gasteiger partial charge in [-0.15, -0.1) is 11.3 Å². The van der Waals surface area contributed by atoms with Gasteiger partial charge >= 0.3 is 0 Å². The zero-order valence-electron chi connectivity index (χ0n) is 14.6. The van der Waals surface area contributed by atoms with Crippen LogP contribution in [-0.2, 0) is 24.2 Å². The van der Waals surface area contributed by atoms with Gasteiger partial charge in [0.25, 0.3) is 5.56 Å². The molecule has 0 unspecified atom stereocenters. The average Bonchev–Trinajstić information content (AvgIpc) is 3.25. The molecule has 0 radical (unpaired) electrons. The van der Waals surface area contributed by atoms with Gasteiger partial charge in [-0.2, -0.15) is 0 Å². The van der Waals surface area contributed by atoms with Crippen molar-refractivity contribution in [2.24, 2.45) is 0 Å². The lowest BCUT2D eigenvalue weighted by molar-refractivity contribution is -0.116. The molecule has 2 aromatic heterocycles. The number of nitrogens with one attached hydrogen (secondary N) is 1. The molecule has 134 valence electrons. The van der Waals surface area contributed by atoms with E-state index in [-0.39, 0.29) is 18.0 Å². The van der Waals surface area contributed by atoms with E-state index in [2.05, 4.69) is 10.3 Å². The van der Waals surface area contributed by atoms with Gasteiger partial charge in [0.15, 0.2) is 0 Å². The number of fused-ring (bicyclic) bond motifs is 4. The third-order valence-electron chi connectivity index (χ3n) is 5.04. The first-order valence-electron chi connectivity index (χ1n) is 8.97. The molecule has 0 fully saturated rings. The molecule has 0 saturated carbocycles. The Bertz CT molecular complexity index is 1260. The number of carbonyl (C=O) groups is 1. The second kappa shape index (κ2) is 6.32. The summed E-state index contributed by atoms with van der Waals surface area (Å²) in [7, 11) is 0. The number of aryl methyl sites for hydroxylation is 2. The molecule has 6 heteroatoms. The lowest BCUT2D eigenvalue weighted by atomic mass is 10.1. The van der Waals surface area contributed by atoms with Crippen molar-refractivity contribution in [1.82, 2.24) is 9.55 Å². The summed E-state index contributed by atoms with van der Waals surface area (Å²) in [4.78, 5) is 31.8. The van der Waals surface area contributed by atoms with Crippen molar-refractivity contribution in [1.29, 1.82) is 0 Å². The number of hydrogen-bond acceptors (Lipinski definition) is 4. The fraction of sp³-hybridized carbons (Fsp3) is 0.190. The molecule has 5 nitrogen and oxygen atoms in total. The van der Waals surface area contributed by atoms with Gasteiger partial charge in [-0.05, 0) is 47.7 Å². The van der Waals surface area contributed by atoms with E-state index < -0.39 is 0 Å². The molecule has 0 saturated heterocycles. The molecular weight excluding hydrogens is 358 g/mol. The minimum Gasteiger partial charge on any atom is -0.325 e. The molecule has 2 heterocycles. The van der Waals surface area contributed by atoms with Crippen LogP contribution < -0.4 is 10.9 Å². The van der Waals surface area contributed by atoms with Crippen molar-refractivity contribution >= 4 is 43.9 Å². The maximum atomic E-state index is 12.9. The van der Waals surface area contributed by atoms with Crippen LogP contribution in [0.4, 0.5) is 5.69 Å². The molecule has 2 aromatic carbocycles. The molecule has 1 aliphatic rings. The van der Waals surface area contributed by atoms with E-state index in [9.17, 15) is 9.59 Å². The average molecular weight is 375 g/mol. The third kappa shape index (κ3) is 2.82. The van der Waals surface area contributed by atoms with Gasteiger partial charge in [-0.25, -0.2) is 4.98 Å². The normalized spacial score (nSPS) is 13.2. The first-order chi connectivity index (χ1) is 13.2. The van der Waals surface area contributed by atoms with Crippen LogP contribution in [0.2, 0.25) is 0 Å². The van der Waals surface area contributed by atoms with E-state index >= 15 is 0 Å². The zero-order valence-corrected chi connectivity index (χ0v) is 15.4. The number of aromatic nitrogens is 2. The minimum absolute atomic E-state index is 0.0424. The predicted molar refractivity (Wildman–Crippen MR) is 108 cm³/mol. The smallest absolute Gasteiger partial charge is 0.262 e. The van der Waals surface area contributed by atoms with E-state index in [4.69, 9.17) is 0 Å². The number of anilines is 1. The van der Waals surface area contributed by atoms with Gasteiger partial charge in [0.05, 0.1) is 11.7 Å². The molecule has 4 aromatic rings. The molecule has 1 amide bonds. The summed E-state index contributed by atoms with van der Waals surface area (Å²) in [6.07, 6.45) is 4.53. The van der Waals surface area contributed by atoms with Gasteiger partial charge < -0.3 is 5.32 Å². The number of thiophene rings is 1.